The maximum absolute atomic E-state index is 9.11. The number of halogens is 1. The zero-order valence-electron chi connectivity index (χ0n) is 5.77. The summed E-state index contributed by atoms with van der Waals surface area (Å²) >= 11 is 5.50. The molecule has 3 N–H and O–H groups in total. The number of hydrogen-bond donors (Lipinski definition) is 2. The number of rotatable bonds is 0. The number of aromatic nitrogens is 4. The van der Waals surface area contributed by atoms with Crippen LogP contribution in [-0.2, 0) is 0 Å². The summed E-state index contributed by atoms with van der Waals surface area (Å²) < 4.78 is 0.735. The molecular formula is C5H4ClN5O. The van der Waals surface area contributed by atoms with Crippen LogP contribution in [0.15, 0.2) is 6.33 Å². The molecule has 62 valence electrons. The molecule has 2 heterocycles. The average molecular weight is 186 g/mol. The van der Waals surface area contributed by atoms with Crippen LogP contribution >= 0.6 is 11.6 Å². The fourth-order valence-electron chi connectivity index (χ4n) is 0.883. The average Bonchev–Trinajstić information content (AvgIpc) is 2.33. The van der Waals surface area contributed by atoms with E-state index in [9.17, 15) is 0 Å². The number of nitrogens with two attached hydrogens (primary N) is 1. The molecular weight excluding hydrogens is 182 g/mol. The first kappa shape index (κ1) is 7.11. The molecule has 0 saturated heterocycles. The van der Waals surface area contributed by atoms with Crippen molar-refractivity contribution in [3.05, 3.63) is 11.6 Å². The first-order valence-electron chi connectivity index (χ1n) is 3.04. The maximum atomic E-state index is 9.11. The maximum Gasteiger partial charge on any atom is 0.226 e. The Bertz CT molecular complexity index is 439. The highest BCUT2D eigenvalue weighted by molar-refractivity contribution is 6.28. The minimum Gasteiger partial charge on any atom is -0.425 e. The van der Waals surface area contributed by atoms with Gasteiger partial charge in [-0.3, -0.25) is 0 Å². The molecule has 12 heavy (non-hydrogen) atoms. The summed E-state index contributed by atoms with van der Waals surface area (Å²) in [5.74, 6) is 0.151. The molecule has 2 rings (SSSR count). The van der Waals surface area contributed by atoms with E-state index in [2.05, 4.69) is 15.0 Å². The Labute approximate surface area is 71.6 Å². The van der Waals surface area contributed by atoms with Gasteiger partial charge < -0.3 is 10.9 Å². The number of hydrogen-bond acceptors (Lipinski definition) is 5. The van der Waals surface area contributed by atoms with E-state index in [4.69, 9.17) is 22.5 Å². The van der Waals surface area contributed by atoms with Gasteiger partial charge in [0.2, 0.25) is 10.9 Å². The van der Waals surface area contributed by atoms with Gasteiger partial charge in [0.05, 0.1) is 0 Å². The van der Waals surface area contributed by atoms with Gasteiger partial charge >= 0.3 is 0 Å². The van der Waals surface area contributed by atoms with Gasteiger partial charge in [0.1, 0.15) is 6.33 Å². The molecule has 2 aromatic rings. The third kappa shape index (κ3) is 0.850. The van der Waals surface area contributed by atoms with E-state index in [-0.39, 0.29) is 16.7 Å². The topological polar surface area (TPSA) is 89.9 Å². The van der Waals surface area contributed by atoms with Gasteiger partial charge in [0.25, 0.3) is 0 Å². The van der Waals surface area contributed by atoms with Crippen molar-refractivity contribution in [3.8, 4) is 0 Å². The lowest BCUT2D eigenvalue weighted by atomic mass is 10.5. The second-order valence-corrected chi connectivity index (χ2v) is 2.48. The fourth-order valence-corrected chi connectivity index (χ4v) is 1.05. The molecule has 0 saturated carbocycles. The lowest BCUT2D eigenvalue weighted by molar-refractivity contribution is 0.196. The van der Waals surface area contributed by atoms with Gasteiger partial charge in [-0.05, 0) is 11.6 Å². The van der Waals surface area contributed by atoms with Crippen molar-refractivity contribution in [3.63, 3.8) is 0 Å². The molecule has 2 aromatic heterocycles. The second kappa shape index (κ2) is 2.21. The molecule has 0 radical (unpaired) electrons. The van der Waals surface area contributed by atoms with Gasteiger partial charge in [-0.25, -0.2) is 4.98 Å². The molecule has 0 atom stereocenters. The monoisotopic (exact) mass is 185 g/mol. The minimum absolute atomic E-state index is 0.0178. The molecule has 0 spiro atoms. The minimum atomic E-state index is -0.0178. The lowest BCUT2D eigenvalue weighted by Crippen LogP contribution is -1.96. The number of anilines is 1. The normalized spacial score (nSPS) is 10.8. The Morgan fingerprint density at radius 2 is 2.25 bits per heavy atom. The Morgan fingerprint density at radius 3 is 3.00 bits per heavy atom. The summed E-state index contributed by atoms with van der Waals surface area (Å²) in [7, 11) is 0. The van der Waals surface area contributed by atoms with E-state index in [0.29, 0.717) is 5.52 Å². The SMILES string of the molecule is Nc1nc(Cl)nc2c1ncn2O. The molecule has 0 aromatic carbocycles. The molecule has 0 amide bonds. The quantitative estimate of drug-likeness (QED) is 0.455. The van der Waals surface area contributed by atoms with Crippen LogP contribution in [0.2, 0.25) is 5.28 Å². The van der Waals surface area contributed by atoms with E-state index in [0.717, 1.165) is 4.73 Å². The van der Waals surface area contributed by atoms with Crippen LogP contribution in [0.5, 0.6) is 0 Å². The summed E-state index contributed by atoms with van der Waals surface area (Å²) in [4.78, 5) is 11.1. The van der Waals surface area contributed by atoms with Gasteiger partial charge in [0, 0.05) is 0 Å². The molecule has 0 aliphatic rings. The highest BCUT2D eigenvalue weighted by Gasteiger charge is 2.08. The molecule has 0 bridgehead atoms. The predicted octanol–water partition coefficient (Wildman–Crippen LogP) is 0.299. The summed E-state index contributed by atoms with van der Waals surface area (Å²) in [6.07, 6.45) is 1.17. The summed E-state index contributed by atoms with van der Waals surface area (Å²) in [6, 6.07) is 0. The second-order valence-electron chi connectivity index (χ2n) is 2.14. The number of fused-ring (bicyclic) bond motifs is 1. The van der Waals surface area contributed by atoms with E-state index < -0.39 is 0 Å². The third-order valence-electron chi connectivity index (χ3n) is 1.38. The fraction of sp³-hybridized carbons (Fsp3) is 0. The van der Waals surface area contributed by atoms with Gasteiger partial charge in [-0.1, -0.05) is 0 Å². The van der Waals surface area contributed by atoms with E-state index >= 15 is 0 Å². The zero-order chi connectivity index (χ0) is 8.72. The predicted molar refractivity (Wildman–Crippen MR) is 41.9 cm³/mol. The molecule has 0 aliphatic carbocycles. The van der Waals surface area contributed by atoms with Crippen molar-refractivity contribution in [2.24, 2.45) is 0 Å². The van der Waals surface area contributed by atoms with Crippen LogP contribution in [0.1, 0.15) is 0 Å². The third-order valence-corrected chi connectivity index (χ3v) is 1.55. The van der Waals surface area contributed by atoms with Crippen LogP contribution in [0.3, 0.4) is 0 Å². The van der Waals surface area contributed by atoms with Crippen LogP contribution < -0.4 is 5.73 Å². The number of imidazole rings is 1. The standard InChI is InChI=1S/C5H4ClN5O/c6-5-9-3(7)2-4(10-5)11(12)1-8-2/h1,12H,(H2,7,9,10). The highest BCUT2D eigenvalue weighted by atomic mass is 35.5. The molecule has 0 unspecified atom stereocenters. The molecule has 6 nitrogen and oxygen atoms in total. The highest BCUT2D eigenvalue weighted by Crippen LogP contribution is 2.16. The van der Waals surface area contributed by atoms with Gasteiger partial charge in [0.15, 0.2) is 11.3 Å². The van der Waals surface area contributed by atoms with Crippen LogP contribution in [-0.4, -0.2) is 24.9 Å². The van der Waals surface area contributed by atoms with Crippen molar-refractivity contribution in [2.45, 2.75) is 0 Å². The summed E-state index contributed by atoms with van der Waals surface area (Å²) in [6.45, 7) is 0. The number of nitrogens with zero attached hydrogens (tertiary/aromatic N) is 4. The lowest BCUT2D eigenvalue weighted by Gasteiger charge is -1.94. The van der Waals surface area contributed by atoms with Crippen LogP contribution in [0, 0.1) is 0 Å². The van der Waals surface area contributed by atoms with E-state index in [1.165, 1.54) is 6.33 Å². The van der Waals surface area contributed by atoms with Crippen LogP contribution in [0.4, 0.5) is 5.82 Å². The Morgan fingerprint density at radius 1 is 1.50 bits per heavy atom. The smallest absolute Gasteiger partial charge is 0.226 e. The van der Waals surface area contributed by atoms with Crippen molar-refractivity contribution in [1.82, 2.24) is 19.7 Å². The van der Waals surface area contributed by atoms with Crippen LogP contribution in [0.25, 0.3) is 11.2 Å². The van der Waals surface area contributed by atoms with Crippen molar-refractivity contribution >= 4 is 28.6 Å². The van der Waals surface area contributed by atoms with Crippen molar-refractivity contribution in [1.29, 1.82) is 0 Å². The molecule has 0 fully saturated rings. The summed E-state index contributed by atoms with van der Waals surface area (Å²) in [5, 5.41) is 9.09. The van der Waals surface area contributed by atoms with E-state index in [1.807, 2.05) is 0 Å². The first-order valence-corrected chi connectivity index (χ1v) is 3.41. The van der Waals surface area contributed by atoms with Crippen molar-refractivity contribution < 1.29 is 5.21 Å². The first-order chi connectivity index (χ1) is 5.68. The van der Waals surface area contributed by atoms with Gasteiger partial charge in [-0.2, -0.15) is 14.7 Å². The Kier molecular flexibility index (Phi) is 1.31. The molecule has 0 aliphatic heterocycles. The largest absolute Gasteiger partial charge is 0.425 e. The zero-order valence-corrected chi connectivity index (χ0v) is 6.52. The Hall–Kier alpha value is -1.56. The van der Waals surface area contributed by atoms with Crippen molar-refractivity contribution in [2.75, 3.05) is 5.73 Å². The number of nitrogen functional groups attached to an aromatic ring is 1. The van der Waals surface area contributed by atoms with Gasteiger partial charge in [-0.15, -0.1) is 0 Å². The molecule has 7 heteroatoms. The summed E-state index contributed by atoms with van der Waals surface area (Å²) in [5.41, 5.74) is 5.98. The van der Waals surface area contributed by atoms with E-state index in [1.54, 1.807) is 0 Å². The Balaban J connectivity index is 2.92.